The summed E-state index contributed by atoms with van der Waals surface area (Å²) in [7, 11) is 1.64. The lowest BCUT2D eigenvalue weighted by Gasteiger charge is -2.06. The first-order chi connectivity index (χ1) is 8.67. The zero-order valence-electron chi connectivity index (χ0n) is 11.0. The monoisotopic (exact) mass is 269 g/mol. The number of thioether (sulfide) groups is 1. The lowest BCUT2D eigenvalue weighted by molar-refractivity contribution is 0.0942. The number of carbonyl (C=O) groups excluding carboxylic acids is 1. The standard InChI is InChI=1S/C12H19N3O2S/c1-4-18-12-14-9(2)8-10(15-12)11(16)13-6-5-7-17-3/h8H,4-7H2,1-3H3,(H,13,16). The first kappa shape index (κ1) is 14.9. The summed E-state index contributed by atoms with van der Waals surface area (Å²) in [6, 6.07) is 1.70. The Kier molecular flexibility index (Phi) is 6.67. The number of ether oxygens (including phenoxy) is 1. The number of carbonyl (C=O) groups is 1. The number of nitrogens with one attached hydrogen (secondary N) is 1. The summed E-state index contributed by atoms with van der Waals surface area (Å²) in [5.74, 6) is 0.729. The Balaban J connectivity index is 2.61. The summed E-state index contributed by atoms with van der Waals surface area (Å²) < 4.78 is 4.92. The molecule has 1 amide bonds. The molecule has 0 saturated heterocycles. The number of hydrogen-bond acceptors (Lipinski definition) is 5. The number of methoxy groups -OCH3 is 1. The van der Waals surface area contributed by atoms with E-state index >= 15 is 0 Å². The van der Waals surface area contributed by atoms with Crippen molar-refractivity contribution in [2.24, 2.45) is 0 Å². The van der Waals surface area contributed by atoms with Gasteiger partial charge in [-0.1, -0.05) is 18.7 Å². The molecule has 6 heteroatoms. The van der Waals surface area contributed by atoms with Gasteiger partial charge in [0.1, 0.15) is 5.69 Å². The molecule has 0 fully saturated rings. The first-order valence-electron chi connectivity index (χ1n) is 5.93. The highest BCUT2D eigenvalue weighted by molar-refractivity contribution is 7.99. The summed E-state index contributed by atoms with van der Waals surface area (Å²) in [6.07, 6.45) is 0.795. The van der Waals surface area contributed by atoms with Crippen molar-refractivity contribution in [3.05, 3.63) is 17.5 Å². The maximum absolute atomic E-state index is 11.9. The van der Waals surface area contributed by atoms with Gasteiger partial charge in [-0.05, 0) is 25.2 Å². The molecule has 1 rings (SSSR count). The summed E-state index contributed by atoms with van der Waals surface area (Å²) >= 11 is 1.53. The molecule has 0 aromatic carbocycles. The van der Waals surface area contributed by atoms with Crippen LogP contribution in [0.5, 0.6) is 0 Å². The van der Waals surface area contributed by atoms with Crippen LogP contribution in [-0.4, -0.2) is 41.9 Å². The van der Waals surface area contributed by atoms with Crippen LogP contribution in [0.2, 0.25) is 0 Å². The van der Waals surface area contributed by atoms with E-state index in [0.29, 0.717) is 24.0 Å². The van der Waals surface area contributed by atoms with Crippen molar-refractivity contribution in [1.29, 1.82) is 0 Å². The van der Waals surface area contributed by atoms with Crippen molar-refractivity contribution >= 4 is 17.7 Å². The van der Waals surface area contributed by atoms with Crippen LogP contribution < -0.4 is 5.32 Å². The van der Waals surface area contributed by atoms with Gasteiger partial charge in [0.2, 0.25) is 0 Å². The van der Waals surface area contributed by atoms with Crippen LogP contribution in [0.4, 0.5) is 0 Å². The van der Waals surface area contributed by atoms with E-state index in [1.165, 1.54) is 11.8 Å². The van der Waals surface area contributed by atoms with E-state index in [0.717, 1.165) is 17.9 Å². The molecule has 0 atom stereocenters. The molecule has 1 N–H and O–H groups in total. The highest BCUT2D eigenvalue weighted by atomic mass is 32.2. The molecule has 0 aliphatic rings. The number of aromatic nitrogens is 2. The summed E-state index contributed by atoms with van der Waals surface area (Å²) in [5, 5.41) is 3.46. The molecule has 0 aliphatic heterocycles. The maximum atomic E-state index is 11.9. The average molecular weight is 269 g/mol. The third-order valence-corrected chi connectivity index (χ3v) is 2.88. The highest BCUT2D eigenvalue weighted by Crippen LogP contribution is 2.13. The van der Waals surface area contributed by atoms with Crippen LogP contribution in [0.1, 0.15) is 29.5 Å². The van der Waals surface area contributed by atoms with Crippen molar-refractivity contribution < 1.29 is 9.53 Å². The van der Waals surface area contributed by atoms with Gasteiger partial charge in [0.25, 0.3) is 5.91 Å². The van der Waals surface area contributed by atoms with Gasteiger partial charge in [-0.3, -0.25) is 4.79 Å². The Morgan fingerprint density at radius 3 is 2.94 bits per heavy atom. The largest absolute Gasteiger partial charge is 0.385 e. The fraction of sp³-hybridized carbons (Fsp3) is 0.583. The maximum Gasteiger partial charge on any atom is 0.270 e. The van der Waals surface area contributed by atoms with Gasteiger partial charge in [0.05, 0.1) is 0 Å². The second-order valence-corrected chi connectivity index (χ2v) is 4.94. The molecule has 18 heavy (non-hydrogen) atoms. The summed E-state index contributed by atoms with van der Waals surface area (Å²) in [6.45, 7) is 5.12. The minimum Gasteiger partial charge on any atom is -0.385 e. The third kappa shape index (κ3) is 5.01. The molecule has 0 spiro atoms. The van der Waals surface area contributed by atoms with Crippen LogP contribution in [0, 0.1) is 6.92 Å². The van der Waals surface area contributed by atoms with Gasteiger partial charge < -0.3 is 10.1 Å². The quantitative estimate of drug-likeness (QED) is 0.463. The van der Waals surface area contributed by atoms with E-state index in [1.807, 2.05) is 13.8 Å². The Bertz CT molecular complexity index is 399. The van der Waals surface area contributed by atoms with Crippen molar-refractivity contribution in [1.82, 2.24) is 15.3 Å². The van der Waals surface area contributed by atoms with Crippen molar-refractivity contribution in [3.63, 3.8) is 0 Å². The minimum atomic E-state index is -0.158. The van der Waals surface area contributed by atoms with E-state index in [2.05, 4.69) is 15.3 Å². The van der Waals surface area contributed by atoms with Gasteiger partial charge >= 0.3 is 0 Å². The van der Waals surface area contributed by atoms with E-state index in [1.54, 1.807) is 13.2 Å². The average Bonchev–Trinajstić information content (AvgIpc) is 2.34. The van der Waals surface area contributed by atoms with Gasteiger partial charge in [0.15, 0.2) is 5.16 Å². The molecule has 0 radical (unpaired) electrons. The molecule has 1 aromatic rings. The molecule has 0 aliphatic carbocycles. The highest BCUT2D eigenvalue weighted by Gasteiger charge is 2.09. The van der Waals surface area contributed by atoms with Crippen LogP contribution in [-0.2, 0) is 4.74 Å². The summed E-state index contributed by atoms with van der Waals surface area (Å²) in [4.78, 5) is 20.4. The third-order valence-electron chi connectivity index (χ3n) is 2.15. The number of rotatable bonds is 7. The van der Waals surface area contributed by atoms with Crippen molar-refractivity contribution in [3.8, 4) is 0 Å². The van der Waals surface area contributed by atoms with Crippen LogP contribution >= 0.6 is 11.8 Å². The SMILES string of the molecule is CCSc1nc(C)cc(C(=O)NCCCOC)n1. The molecule has 1 aromatic heterocycles. The lowest BCUT2D eigenvalue weighted by Crippen LogP contribution is -2.26. The Morgan fingerprint density at radius 2 is 2.28 bits per heavy atom. The molecule has 0 saturated carbocycles. The molecule has 100 valence electrons. The Labute approximate surface area is 112 Å². The predicted octanol–water partition coefficient (Wildman–Crippen LogP) is 1.66. The first-order valence-corrected chi connectivity index (χ1v) is 6.91. The number of nitrogens with zero attached hydrogens (tertiary/aromatic N) is 2. The van der Waals surface area contributed by atoms with E-state index in [-0.39, 0.29) is 5.91 Å². The topological polar surface area (TPSA) is 64.1 Å². The molecule has 0 bridgehead atoms. The van der Waals surface area contributed by atoms with Gasteiger partial charge in [-0.2, -0.15) is 0 Å². The van der Waals surface area contributed by atoms with Gasteiger partial charge in [0, 0.05) is 26.0 Å². The van der Waals surface area contributed by atoms with Crippen LogP contribution in [0.3, 0.4) is 0 Å². The molecular weight excluding hydrogens is 250 g/mol. The normalized spacial score (nSPS) is 10.4. The molecular formula is C12H19N3O2S. The molecule has 0 unspecified atom stereocenters. The predicted molar refractivity (Wildman–Crippen MR) is 72.0 cm³/mol. The number of hydrogen-bond donors (Lipinski definition) is 1. The fourth-order valence-corrected chi connectivity index (χ4v) is 1.99. The van der Waals surface area contributed by atoms with Gasteiger partial charge in [-0.15, -0.1) is 0 Å². The lowest BCUT2D eigenvalue weighted by atomic mass is 10.3. The zero-order valence-corrected chi connectivity index (χ0v) is 11.8. The van der Waals surface area contributed by atoms with Crippen molar-refractivity contribution in [2.45, 2.75) is 25.4 Å². The summed E-state index contributed by atoms with van der Waals surface area (Å²) in [5.41, 5.74) is 1.24. The zero-order chi connectivity index (χ0) is 13.4. The Hall–Kier alpha value is -1.14. The van der Waals surface area contributed by atoms with Gasteiger partial charge in [-0.25, -0.2) is 9.97 Å². The minimum absolute atomic E-state index is 0.158. The van der Waals surface area contributed by atoms with E-state index < -0.39 is 0 Å². The van der Waals surface area contributed by atoms with Crippen LogP contribution in [0.25, 0.3) is 0 Å². The second kappa shape index (κ2) is 8.05. The number of aryl methyl sites for hydroxylation is 1. The Morgan fingerprint density at radius 1 is 1.50 bits per heavy atom. The van der Waals surface area contributed by atoms with Crippen LogP contribution in [0.15, 0.2) is 11.2 Å². The fourth-order valence-electron chi connectivity index (χ4n) is 1.36. The second-order valence-electron chi connectivity index (χ2n) is 3.71. The van der Waals surface area contributed by atoms with E-state index in [4.69, 9.17) is 4.74 Å². The number of amides is 1. The van der Waals surface area contributed by atoms with E-state index in [9.17, 15) is 4.79 Å². The smallest absolute Gasteiger partial charge is 0.270 e. The molecule has 1 heterocycles. The van der Waals surface area contributed by atoms with Crippen molar-refractivity contribution in [2.75, 3.05) is 26.0 Å². The molecule has 5 nitrogen and oxygen atoms in total.